The van der Waals surface area contributed by atoms with E-state index in [1.807, 2.05) is 0 Å². The Morgan fingerprint density at radius 3 is 2.44 bits per heavy atom. The third-order valence-corrected chi connectivity index (χ3v) is 6.89. The summed E-state index contributed by atoms with van der Waals surface area (Å²) in [4.78, 5) is 34.5. The molecule has 0 bridgehead atoms. The first-order valence-corrected chi connectivity index (χ1v) is 11.5. The molecule has 0 spiro atoms. The lowest BCUT2D eigenvalue weighted by Gasteiger charge is -2.18. The molecule has 0 amide bonds. The molecule has 3 aliphatic rings. The average molecular weight is 463 g/mol. The minimum absolute atomic E-state index is 0.0592. The number of fused-ring (bicyclic) bond motifs is 6. The van der Waals surface area contributed by atoms with E-state index in [0.717, 1.165) is 26.1 Å². The lowest BCUT2D eigenvalue weighted by Crippen LogP contribution is -2.27. The Bertz CT molecular complexity index is 1390. The van der Waals surface area contributed by atoms with Crippen molar-refractivity contribution in [3.63, 3.8) is 0 Å². The van der Waals surface area contributed by atoms with E-state index in [0.29, 0.717) is 63.0 Å². The molecule has 176 valence electrons. The highest BCUT2D eigenvalue weighted by Gasteiger charge is 2.37. The summed E-state index contributed by atoms with van der Waals surface area (Å²) in [6.45, 7) is 3.62. The van der Waals surface area contributed by atoms with Crippen molar-refractivity contribution < 1.29 is 23.7 Å². The molecule has 9 nitrogen and oxygen atoms in total. The van der Waals surface area contributed by atoms with Crippen molar-refractivity contribution >= 4 is 16.6 Å². The van der Waals surface area contributed by atoms with Gasteiger partial charge in [0, 0.05) is 11.9 Å². The first-order valence-electron chi connectivity index (χ1n) is 11.5. The van der Waals surface area contributed by atoms with Crippen molar-refractivity contribution in [3.05, 3.63) is 39.7 Å². The van der Waals surface area contributed by atoms with Crippen LogP contribution < -0.4 is 24.5 Å². The number of benzene rings is 1. The number of nitrogens with zero attached hydrogens (tertiary/aromatic N) is 3. The highest BCUT2D eigenvalue weighted by molar-refractivity contribution is 6.26. The Balaban J connectivity index is 1.56. The van der Waals surface area contributed by atoms with Gasteiger partial charge < -0.3 is 28.4 Å². The number of hydrogen-bond acceptors (Lipinski definition) is 8. The van der Waals surface area contributed by atoms with Crippen LogP contribution >= 0.6 is 0 Å². The van der Waals surface area contributed by atoms with Gasteiger partial charge in [0.25, 0.3) is 11.4 Å². The lowest BCUT2D eigenvalue weighted by atomic mass is 10.0. The second-order valence-electron chi connectivity index (χ2n) is 8.76. The van der Waals surface area contributed by atoms with Crippen LogP contribution in [0.15, 0.2) is 23.0 Å². The van der Waals surface area contributed by atoms with Crippen LogP contribution in [-0.4, -0.2) is 60.9 Å². The molecule has 1 aliphatic carbocycles. The Hall–Kier alpha value is -3.59. The molecule has 9 heteroatoms. The van der Waals surface area contributed by atoms with Crippen molar-refractivity contribution in [2.75, 3.05) is 40.6 Å². The fourth-order valence-corrected chi connectivity index (χ4v) is 5.24. The SMILES string of the molecule is COc1cc2c3c(n(CCCN4CCCC4)c(=O)c2cc1OC)-c1nc2c(cc1C3=O)OCO2. The number of aromatic nitrogens is 2. The van der Waals surface area contributed by atoms with E-state index in [4.69, 9.17) is 18.9 Å². The number of ether oxygens (including phenoxy) is 4. The lowest BCUT2D eigenvalue weighted by molar-refractivity contribution is 0.104. The minimum atomic E-state index is -0.193. The maximum absolute atomic E-state index is 13.8. The standard InChI is InChI=1S/C25H25N3O6/c1-31-17-10-14-15(11-18(17)32-2)25(30)28(9-5-8-27-6-3-4-7-27)22-20(14)23(29)16-12-19-24(26-21(16)22)34-13-33-19/h10-12H,3-9,13H2,1-2H3. The van der Waals surface area contributed by atoms with Crippen molar-refractivity contribution in [2.24, 2.45) is 0 Å². The van der Waals surface area contributed by atoms with Gasteiger partial charge in [-0.05, 0) is 57.1 Å². The summed E-state index contributed by atoms with van der Waals surface area (Å²) in [6, 6.07) is 5.02. The molecule has 6 rings (SSSR count). The Labute approximate surface area is 195 Å². The fraction of sp³-hybridized carbons (Fsp3) is 0.400. The van der Waals surface area contributed by atoms with E-state index in [1.165, 1.54) is 27.1 Å². The van der Waals surface area contributed by atoms with Crippen LogP contribution in [0.4, 0.5) is 0 Å². The molecule has 0 N–H and O–H groups in total. The third kappa shape index (κ3) is 3.07. The number of rotatable bonds is 6. The zero-order valence-electron chi connectivity index (χ0n) is 19.2. The quantitative estimate of drug-likeness (QED) is 0.431. The summed E-state index contributed by atoms with van der Waals surface area (Å²) in [5.74, 6) is 1.47. The van der Waals surface area contributed by atoms with Crippen LogP contribution in [0.25, 0.3) is 22.2 Å². The van der Waals surface area contributed by atoms with Gasteiger partial charge in [-0.2, -0.15) is 0 Å². The number of hydrogen-bond donors (Lipinski definition) is 0. The fourth-order valence-electron chi connectivity index (χ4n) is 5.24. The largest absolute Gasteiger partial charge is 0.493 e. The smallest absolute Gasteiger partial charge is 0.260 e. The summed E-state index contributed by atoms with van der Waals surface area (Å²) in [5, 5.41) is 0.942. The molecular weight excluding hydrogens is 438 g/mol. The molecule has 0 unspecified atom stereocenters. The second-order valence-corrected chi connectivity index (χ2v) is 8.76. The molecule has 0 saturated carbocycles. The number of ketones is 1. The number of pyridine rings is 2. The van der Waals surface area contributed by atoms with Crippen LogP contribution in [0.2, 0.25) is 0 Å². The van der Waals surface area contributed by atoms with Gasteiger partial charge in [-0.1, -0.05) is 0 Å². The van der Waals surface area contributed by atoms with Gasteiger partial charge in [0.05, 0.1) is 36.4 Å². The van der Waals surface area contributed by atoms with E-state index in [1.54, 1.807) is 22.8 Å². The van der Waals surface area contributed by atoms with Gasteiger partial charge >= 0.3 is 0 Å². The molecule has 4 heterocycles. The predicted molar refractivity (Wildman–Crippen MR) is 124 cm³/mol. The van der Waals surface area contributed by atoms with Gasteiger partial charge in [-0.25, -0.2) is 4.98 Å². The summed E-state index contributed by atoms with van der Waals surface area (Å²) in [5.41, 5.74) is 1.66. The molecular formula is C25H25N3O6. The van der Waals surface area contributed by atoms with Gasteiger partial charge in [-0.15, -0.1) is 0 Å². The highest BCUT2D eigenvalue weighted by Crippen LogP contribution is 2.44. The molecule has 3 aromatic rings. The molecule has 0 radical (unpaired) electrons. The number of carbonyl (C=O) groups is 1. The summed E-state index contributed by atoms with van der Waals surface area (Å²) in [7, 11) is 3.05. The van der Waals surface area contributed by atoms with Crippen molar-refractivity contribution in [2.45, 2.75) is 25.8 Å². The van der Waals surface area contributed by atoms with Crippen LogP contribution in [0.3, 0.4) is 0 Å². The van der Waals surface area contributed by atoms with Gasteiger partial charge in [-0.3, -0.25) is 9.59 Å². The van der Waals surface area contributed by atoms with Gasteiger partial charge in [0.15, 0.2) is 23.0 Å². The molecule has 34 heavy (non-hydrogen) atoms. The molecule has 1 saturated heterocycles. The monoisotopic (exact) mass is 463 g/mol. The molecule has 1 aromatic carbocycles. The first-order chi connectivity index (χ1) is 16.6. The van der Waals surface area contributed by atoms with E-state index >= 15 is 0 Å². The second kappa shape index (κ2) is 8.02. The zero-order chi connectivity index (χ0) is 23.4. The van der Waals surface area contributed by atoms with E-state index in [9.17, 15) is 9.59 Å². The average Bonchev–Trinajstić information content (AvgIpc) is 3.59. The summed E-state index contributed by atoms with van der Waals surface area (Å²) >= 11 is 0. The minimum Gasteiger partial charge on any atom is -0.493 e. The maximum Gasteiger partial charge on any atom is 0.260 e. The van der Waals surface area contributed by atoms with Crippen molar-refractivity contribution in [3.8, 4) is 34.5 Å². The van der Waals surface area contributed by atoms with Gasteiger partial charge in [0.1, 0.15) is 5.69 Å². The summed E-state index contributed by atoms with van der Waals surface area (Å²) < 4.78 is 23.5. The number of methoxy groups -OCH3 is 2. The van der Waals surface area contributed by atoms with E-state index in [-0.39, 0.29) is 18.1 Å². The number of carbonyl (C=O) groups excluding carboxylic acids is 1. The first kappa shape index (κ1) is 21.0. The molecule has 1 fully saturated rings. The molecule has 0 atom stereocenters. The van der Waals surface area contributed by atoms with Crippen LogP contribution in [0.1, 0.15) is 35.2 Å². The Morgan fingerprint density at radius 2 is 1.71 bits per heavy atom. The molecule has 2 aromatic heterocycles. The number of likely N-dealkylation sites (tertiary alicyclic amines) is 1. The Kier molecular flexibility index (Phi) is 4.95. The predicted octanol–water partition coefficient (Wildman–Crippen LogP) is 2.84. The van der Waals surface area contributed by atoms with Crippen LogP contribution in [0, 0.1) is 0 Å². The topological polar surface area (TPSA) is 92.1 Å². The molecule has 2 aliphatic heterocycles. The Morgan fingerprint density at radius 1 is 0.971 bits per heavy atom. The van der Waals surface area contributed by atoms with Crippen LogP contribution in [0.5, 0.6) is 23.1 Å². The third-order valence-electron chi connectivity index (χ3n) is 6.89. The summed E-state index contributed by atoms with van der Waals surface area (Å²) in [6.07, 6.45) is 3.22. The van der Waals surface area contributed by atoms with Crippen molar-refractivity contribution in [1.29, 1.82) is 0 Å². The van der Waals surface area contributed by atoms with E-state index in [2.05, 4.69) is 9.88 Å². The van der Waals surface area contributed by atoms with Crippen molar-refractivity contribution in [1.82, 2.24) is 14.5 Å². The van der Waals surface area contributed by atoms with Crippen LogP contribution in [-0.2, 0) is 6.54 Å². The van der Waals surface area contributed by atoms with E-state index < -0.39 is 0 Å². The maximum atomic E-state index is 13.8. The van der Waals surface area contributed by atoms with Gasteiger partial charge in [0.2, 0.25) is 6.79 Å². The zero-order valence-corrected chi connectivity index (χ0v) is 19.2. The highest BCUT2D eigenvalue weighted by atomic mass is 16.7. The normalized spacial score (nSPS) is 16.2.